The zero-order valence-corrected chi connectivity index (χ0v) is 16.6. The predicted octanol–water partition coefficient (Wildman–Crippen LogP) is 5.57. The number of hydrogen-bond donors (Lipinski definition) is 0. The summed E-state index contributed by atoms with van der Waals surface area (Å²) in [5, 5.41) is 3.42. The fourth-order valence-electron chi connectivity index (χ4n) is 5.65. The molecule has 0 radical (unpaired) electrons. The second-order valence-electron chi connectivity index (χ2n) is 8.56. The van der Waals surface area contributed by atoms with Gasteiger partial charge >= 0.3 is 0 Å². The number of pyridine rings is 3. The van der Waals surface area contributed by atoms with Gasteiger partial charge in [0.1, 0.15) is 5.65 Å². The van der Waals surface area contributed by atoms with Gasteiger partial charge in [0.15, 0.2) is 0 Å². The van der Waals surface area contributed by atoms with E-state index >= 15 is 0 Å². The van der Waals surface area contributed by atoms with Crippen LogP contribution in [0.4, 0.5) is 0 Å². The Morgan fingerprint density at radius 1 is 0.677 bits per heavy atom. The highest BCUT2D eigenvalue weighted by molar-refractivity contribution is 6.12. The molecule has 144 valence electrons. The SMILES string of the molecule is c1ccc2c(c1)Cc1cc3c(cc1-2)Cc1nc2c4ccncc4c4ccncc4n2c1-3. The first-order chi connectivity index (χ1) is 15.4. The van der Waals surface area contributed by atoms with Gasteiger partial charge in [0.05, 0.1) is 23.1 Å². The van der Waals surface area contributed by atoms with Gasteiger partial charge in [-0.25, -0.2) is 4.98 Å². The Hall–Kier alpha value is -4.05. The minimum Gasteiger partial charge on any atom is -0.290 e. The van der Waals surface area contributed by atoms with E-state index in [4.69, 9.17) is 4.98 Å². The molecule has 0 fully saturated rings. The third-order valence-electron chi connectivity index (χ3n) is 6.97. The van der Waals surface area contributed by atoms with Crippen LogP contribution in [0, 0.1) is 0 Å². The Morgan fingerprint density at radius 2 is 1.48 bits per heavy atom. The Labute approximate surface area is 177 Å². The van der Waals surface area contributed by atoms with Crippen LogP contribution in [0.15, 0.2) is 73.3 Å². The number of hydrogen-bond acceptors (Lipinski definition) is 3. The summed E-state index contributed by atoms with van der Waals surface area (Å²) in [6.07, 6.45) is 9.48. The summed E-state index contributed by atoms with van der Waals surface area (Å²) in [5.41, 5.74) is 12.7. The standard InChI is InChI=1S/C27H16N4/c1-2-4-18-15(3-1)9-16-11-22-17(10-21(16)18)12-24-26(22)31-25-14-29-7-5-19(25)23-13-28-8-6-20(23)27(31)30-24/h1-8,10-11,13-14H,9,12H2. The van der Waals surface area contributed by atoms with Crippen LogP contribution >= 0.6 is 0 Å². The van der Waals surface area contributed by atoms with E-state index in [1.165, 1.54) is 39.1 Å². The van der Waals surface area contributed by atoms with Crippen LogP contribution in [-0.2, 0) is 12.8 Å². The minimum atomic E-state index is 0.871. The first-order valence-electron chi connectivity index (χ1n) is 10.6. The van der Waals surface area contributed by atoms with Crippen LogP contribution < -0.4 is 0 Å². The zero-order chi connectivity index (χ0) is 20.1. The fraction of sp³-hybridized carbons (Fsp3) is 0.0741. The average Bonchev–Trinajstić information content (AvgIpc) is 3.47. The Balaban J connectivity index is 1.49. The molecule has 2 aliphatic carbocycles. The molecular formula is C27H16N4. The van der Waals surface area contributed by atoms with Gasteiger partial charge in [-0.1, -0.05) is 24.3 Å². The molecule has 0 spiro atoms. The smallest absolute Gasteiger partial charge is 0.146 e. The van der Waals surface area contributed by atoms with Gasteiger partial charge in [-0.3, -0.25) is 14.4 Å². The minimum absolute atomic E-state index is 0.871. The lowest BCUT2D eigenvalue weighted by Crippen LogP contribution is -1.96. The highest BCUT2D eigenvalue weighted by Crippen LogP contribution is 2.46. The molecule has 0 amide bonds. The summed E-state index contributed by atoms with van der Waals surface area (Å²) in [7, 11) is 0. The second-order valence-corrected chi connectivity index (χ2v) is 8.56. The van der Waals surface area contributed by atoms with Crippen molar-refractivity contribution in [2.75, 3.05) is 0 Å². The van der Waals surface area contributed by atoms with Gasteiger partial charge in [-0.2, -0.15) is 0 Å². The maximum Gasteiger partial charge on any atom is 0.146 e. The Bertz CT molecular complexity index is 1740. The highest BCUT2D eigenvalue weighted by Gasteiger charge is 2.29. The molecule has 0 N–H and O–H groups in total. The molecule has 31 heavy (non-hydrogen) atoms. The Kier molecular flexibility index (Phi) is 2.72. The summed E-state index contributed by atoms with van der Waals surface area (Å²) < 4.78 is 2.32. The normalized spacial score (nSPS) is 13.5. The first kappa shape index (κ1) is 15.7. The number of benzene rings is 2. The molecule has 4 nitrogen and oxygen atoms in total. The van der Waals surface area contributed by atoms with Crippen LogP contribution in [0.3, 0.4) is 0 Å². The van der Waals surface area contributed by atoms with Crippen molar-refractivity contribution in [1.29, 1.82) is 0 Å². The maximum absolute atomic E-state index is 5.14. The highest BCUT2D eigenvalue weighted by atomic mass is 15.0. The molecule has 6 aromatic rings. The molecule has 0 saturated carbocycles. The number of fused-ring (bicyclic) bond motifs is 13. The molecule has 0 bridgehead atoms. The fourth-order valence-corrected chi connectivity index (χ4v) is 5.65. The molecule has 0 unspecified atom stereocenters. The number of nitrogens with zero attached hydrogens (tertiary/aromatic N) is 4. The topological polar surface area (TPSA) is 43.1 Å². The van der Waals surface area contributed by atoms with Crippen LogP contribution in [0.25, 0.3) is 49.7 Å². The van der Waals surface area contributed by atoms with Crippen molar-refractivity contribution in [1.82, 2.24) is 19.4 Å². The van der Waals surface area contributed by atoms with E-state index in [2.05, 4.69) is 62.9 Å². The van der Waals surface area contributed by atoms with Crippen LogP contribution in [0.2, 0.25) is 0 Å². The largest absolute Gasteiger partial charge is 0.290 e. The zero-order valence-electron chi connectivity index (χ0n) is 16.6. The van der Waals surface area contributed by atoms with Crippen molar-refractivity contribution >= 4 is 27.3 Å². The first-order valence-corrected chi connectivity index (χ1v) is 10.6. The van der Waals surface area contributed by atoms with Crippen LogP contribution in [0.1, 0.15) is 22.4 Å². The lowest BCUT2D eigenvalue weighted by molar-refractivity contribution is 1.16. The molecule has 0 aliphatic heterocycles. The summed E-state index contributed by atoms with van der Waals surface area (Å²) in [4.78, 5) is 14.0. The molecule has 0 atom stereocenters. The van der Waals surface area contributed by atoms with Crippen molar-refractivity contribution in [3.63, 3.8) is 0 Å². The summed E-state index contributed by atoms with van der Waals surface area (Å²) in [6, 6.07) is 17.7. The molecule has 8 rings (SSSR count). The quantitative estimate of drug-likeness (QED) is 0.315. The lowest BCUT2D eigenvalue weighted by Gasteiger charge is -2.11. The monoisotopic (exact) mass is 396 g/mol. The van der Waals surface area contributed by atoms with Gasteiger partial charge in [0.25, 0.3) is 0 Å². The van der Waals surface area contributed by atoms with E-state index in [9.17, 15) is 0 Å². The molecule has 4 aromatic heterocycles. The van der Waals surface area contributed by atoms with E-state index < -0.39 is 0 Å². The van der Waals surface area contributed by atoms with Gasteiger partial charge in [0.2, 0.25) is 0 Å². The second kappa shape index (κ2) is 5.35. The number of aromatic nitrogens is 4. The summed E-state index contributed by atoms with van der Waals surface area (Å²) in [5.74, 6) is 0. The van der Waals surface area contributed by atoms with Crippen molar-refractivity contribution in [3.8, 4) is 22.4 Å². The van der Waals surface area contributed by atoms with Crippen molar-refractivity contribution < 1.29 is 0 Å². The van der Waals surface area contributed by atoms with Gasteiger partial charge in [-0.15, -0.1) is 0 Å². The molecule has 0 saturated heterocycles. The van der Waals surface area contributed by atoms with E-state index in [1.54, 1.807) is 0 Å². The van der Waals surface area contributed by atoms with Gasteiger partial charge in [-0.05, 0) is 58.5 Å². The third-order valence-corrected chi connectivity index (χ3v) is 6.97. The van der Waals surface area contributed by atoms with Crippen molar-refractivity contribution in [3.05, 3.63) is 95.7 Å². The van der Waals surface area contributed by atoms with E-state index in [0.717, 1.165) is 45.9 Å². The maximum atomic E-state index is 5.14. The average molecular weight is 396 g/mol. The summed E-state index contributed by atoms with van der Waals surface area (Å²) >= 11 is 0. The van der Waals surface area contributed by atoms with Crippen LogP contribution in [-0.4, -0.2) is 19.4 Å². The van der Waals surface area contributed by atoms with Gasteiger partial charge in [0, 0.05) is 46.7 Å². The lowest BCUT2D eigenvalue weighted by atomic mass is 9.99. The molecule has 4 heterocycles. The summed E-state index contributed by atoms with van der Waals surface area (Å²) in [6.45, 7) is 0. The number of imidazole rings is 1. The van der Waals surface area contributed by atoms with Gasteiger partial charge < -0.3 is 0 Å². The molecule has 2 aromatic carbocycles. The van der Waals surface area contributed by atoms with E-state index in [0.29, 0.717) is 0 Å². The van der Waals surface area contributed by atoms with Crippen LogP contribution in [0.5, 0.6) is 0 Å². The molecular weight excluding hydrogens is 380 g/mol. The van der Waals surface area contributed by atoms with E-state index in [1.807, 2.05) is 24.8 Å². The Morgan fingerprint density at radius 3 is 2.45 bits per heavy atom. The van der Waals surface area contributed by atoms with Crippen molar-refractivity contribution in [2.24, 2.45) is 0 Å². The number of rotatable bonds is 0. The molecule has 2 aliphatic rings. The van der Waals surface area contributed by atoms with E-state index in [-0.39, 0.29) is 0 Å². The predicted molar refractivity (Wildman–Crippen MR) is 122 cm³/mol. The molecule has 4 heteroatoms. The van der Waals surface area contributed by atoms with Crippen molar-refractivity contribution in [2.45, 2.75) is 12.8 Å². The third kappa shape index (κ3) is 1.88.